The molecule has 202 valence electrons. The van der Waals surface area contributed by atoms with Gasteiger partial charge in [-0.05, 0) is 47.5 Å². The van der Waals surface area contributed by atoms with Crippen LogP contribution in [0.5, 0.6) is 5.75 Å². The molecule has 9 nitrogen and oxygen atoms in total. The molecule has 0 aliphatic carbocycles. The lowest BCUT2D eigenvalue weighted by molar-refractivity contribution is -0.384. The number of hydrogen-bond acceptors (Lipinski definition) is 7. The van der Waals surface area contributed by atoms with Crippen LogP contribution in [0.15, 0.2) is 84.9 Å². The van der Waals surface area contributed by atoms with E-state index in [2.05, 4.69) is 0 Å². The number of nitro benzene ring substituents is 1. The second-order valence-corrected chi connectivity index (χ2v) is 8.64. The lowest BCUT2D eigenvalue weighted by Crippen LogP contribution is -2.25. The van der Waals surface area contributed by atoms with Crippen LogP contribution in [0.3, 0.4) is 0 Å². The number of aliphatic hydroxyl groups excluding tert-OH is 1. The van der Waals surface area contributed by atoms with Crippen LogP contribution in [0.4, 0.5) is 11.4 Å². The van der Waals surface area contributed by atoms with Crippen molar-refractivity contribution in [2.24, 2.45) is 0 Å². The van der Waals surface area contributed by atoms with Crippen molar-refractivity contribution in [2.45, 2.75) is 6.54 Å². The largest absolute Gasteiger partial charge is 0.491 e. The molecular formula is C30H30N2O7. The minimum atomic E-state index is -0.435. The summed E-state index contributed by atoms with van der Waals surface area (Å²) in [6, 6.07) is 21.5. The predicted molar refractivity (Wildman–Crippen MR) is 148 cm³/mol. The number of fused-ring (bicyclic) bond motifs is 1. The number of rotatable bonds is 14. The van der Waals surface area contributed by atoms with Gasteiger partial charge in [-0.15, -0.1) is 0 Å². The number of ether oxygens (including phenoxy) is 3. The van der Waals surface area contributed by atoms with Crippen LogP contribution in [0.1, 0.15) is 16.7 Å². The average Bonchev–Trinajstić information content (AvgIpc) is 3.21. The Labute approximate surface area is 226 Å². The van der Waals surface area contributed by atoms with Gasteiger partial charge in [-0.25, -0.2) is 0 Å². The maximum Gasteiger partial charge on any atom is 0.269 e. The molecular weight excluding hydrogens is 500 g/mol. The average molecular weight is 531 g/mol. The van der Waals surface area contributed by atoms with Crippen molar-refractivity contribution in [1.82, 2.24) is 0 Å². The van der Waals surface area contributed by atoms with Crippen LogP contribution in [0, 0.1) is 10.1 Å². The Kier molecular flexibility index (Phi) is 9.96. The molecule has 1 aliphatic rings. The predicted octanol–water partition coefficient (Wildman–Crippen LogP) is 4.64. The summed E-state index contributed by atoms with van der Waals surface area (Å²) in [4.78, 5) is 25.5. The Morgan fingerprint density at radius 3 is 2.28 bits per heavy atom. The van der Waals surface area contributed by atoms with Crippen molar-refractivity contribution in [1.29, 1.82) is 0 Å². The van der Waals surface area contributed by atoms with E-state index in [4.69, 9.17) is 19.3 Å². The molecule has 0 saturated heterocycles. The monoisotopic (exact) mass is 530 g/mol. The van der Waals surface area contributed by atoms with Gasteiger partial charge in [0.05, 0.1) is 50.2 Å². The van der Waals surface area contributed by atoms with E-state index in [1.165, 1.54) is 12.1 Å². The number of nitrogens with zero attached hydrogens (tertiary/aromatic N) is 2. The van der Waals surface area contributed by atoms with Crippen LogP contribution in [0.2, 0.25) is 0 Å². The lowest BCUT2D eigenvalue weighted by Gasteiger charge is -2.17. The van der Waals surface area contributed by atoms with Crippen LogP contribution in [-0.2, 0) is 20.8 Å². The number of carbonyl (C=O) groups excluding carboxylic acids is 1. The number of non-ortho nitro benzene ring substituents is 1. The summed E-state index contributed by atoms with van der Waals surface area (Å²) in [5.74, 6) is 0.619. The Morgan fingerprint density at radius 1 is 0.872 bits per heavy atom. The zero-order chi connectivity index (χ0) is 27.5. The SMILES string of the molecule is O=C1/C(=C\C=C\c2ccc([N+](=O)[O-])cc2)c2ccccc2N1Cc1ccc(OCCOCCOCCO)cc1. The van der Waals surface area contributed by atoms with E-state index in [-0.39, 0.29) is 18.2 Å². The van der Waals surface area contributed by atoms with Crippen LogP contribution < -0.4 is 9.64 Å². The molecule has 0 radical (unpaired) electrons. The maximum absolute atomic E-state index is 13.4. The third-order valence-electron chi connectivity index (χ3n) is 5.98. The molecule has 0 spiro atoms. The van der Waals surface area contributed by atoms with Crippen LogP contribution in [-0.4, -0.2) is 55.6 Å². The first-order chi connectivity index (χ1) is 19.1. The second kappa shape index (κ2) is 14.0. The number of aliphatic hydroxyl groups is 1. The molecule has 3 aromatic carbocycles. The van der Waals surface area contributed by atoms with Crippen molar-refractivity contribution in [3.63, 3.8) is 0 Å². The minimum Gasteiger partial charge on any atom is -0.491 e. The highest BCUT2D eigenvalue weighted by Gasteiger charge is 2.31. The molecule has 0 atom stereocenters. The summed E-state index contributed by atoms with van der Waals surface area (Å²) in [6.07, 6.45) is 5.37. The van der Waals surface area contributed by atoms with Crippen molar-refractivity contribution >= 4 is 28.9 Å². The summed E-state index contributed by atoms with van der Waals surface area (Å²) in [6.45, 7) is 2.42. The second-order valence-electron chi connectivity index (χ2n) is 8.64. The van der Waals surface area contributed by atoms with E-state index < -0.39 is 4.92 Å². The van der Waals surface area contributed by atoms with Crippen molar-refractivity contribution < 1.29 is 29.0 Å². The quantitative estimate of drug-likeness (QED) is 0.140. The van der Waals surface area contributed by atoms with Gasteiger partial charge in [0.15, 0.2) is 0 Å². The van der Waals surface area contributed by atoms with E-state index >= 15 is 0 Å². The van der Waals surface area contributed by atoms with Gasteiger partial charge in [-0.2, -0.15) is 0 Å². The van der Waals surface area contributed by atoms with Gasteiger partial charge in [0, 0.05) is 23.3 Å². The molecule has 0 fully saturated rings. The highest BCUT2D eigenvalue weighted by Crippen LogP contribution is 2.37. The van der Waals surface area contributed by atoms with E-state index in [0.717, 1.165) is 22.4 Å². The molecule has 0 unspecified atom stereocenters. The molecule has 0 aromatic heterocycles. The zero-order valence-electron chi connectivity index (χ0n) is 21.4. The zero-order valence-corrected chi connectivity index (χ0v) is 21.4. The van der Waals surface area contributed by atoms with Crippen LogP contribution in [0.25, 0.3) is 11.6 Å². The van der Waals surface area contributed by atoms with Crippen LogP contribution >= 0.6 is 0 Å². The number of para-hydroxylation sites is 1. The Bertz CT molecular complexity index is 1320. The van der Waals surface area contributed by atoms with Gasteiger partial charge < -0.3 is 24.2 Å². The topological polar surface area (TPSA) is 111 Å². The summed E-state index contributed by atoms with van der Waals surface area (Å²) in [5.41, 5.74) is 4.09. The lowest BCUT2D eigenvalue weighted by atomic mass is 10.1. The first kappa shape index (κ1) is 27.7. The maximum atomic E-state index is 13.4. The Balaban J connectivity index is 1.35. The molecule has 0 saturated carbocycles. The number of nitro groups is 1. The van der Waals surface area contributed by atoms with E-state index in [0.29, 0.717) is 50.9 Å². The first-order valence-electron chi connectivity index (χ1n) is 12.6. The van der Waals surface area contributed by atoms with Crippen molar-refractivity contribution in [3.8, 4) is 5.75 Å². The van der Waals surface area contributed by atoms with E-state index in [9.17, 15) is 14.9 Å². The third kappa shape index (κ3) is 7.61. The fourth-order valence-corrected chi connectivity index (χ4v) is 4.07. The fraction of sp³-hybridized carbons (Fsp3) is 0.233. The molecule has 4 rings (SSSR count). The number of amides is 1. The van der Waals surface area contributed by atoms with Gasteiger partial charge in [0.1, 0.15) is 12.4 Å². The molecule has 1 N–H and O–H groups in total. The summed E-state index contributed by atoms with van der Waals surface area (Å²) < 4.78 is 16.3. The molecule has 1 aliphatic heterocycles. The minimum absolute atomic E-state index is 0.00112. The first-order valence-corrected chi connectivity index (χ1v) is 12.6. The van der Waals surface area contributed by atoms with Gasteiger partial charge in [-0.3, -0.25) is 14.9 Å². The molecule has 3 aromatic rings. The van der Waals surface area contributed by atoms with Crippen molar-refractivity contribution in [2.75, 3.05) is 44.5 Å². The normalized spacial score (nSPS) is 13.8. The highest BCUT2D eigenvalue weighted by atomic mass is 16.6. The third-order valence-corrected chi connectivity index (χ3v) is 5.98. The van der Waals surface area contributed by atoms with E-state index in [1.807, 2.05) is 54.6 Å². The number of allylic oxidation sites excluding steroid dienone is 2. The summed E-state index contributed by atoms with van der Waals surface area (Å²) in [5, 5.41) is 19.5. The number of benzene rings is 3. The Morgan fingerprint density at radius 2 is 1.56 bits per heavy atom. The molecule has 0 bridgehead atoms. The Hall–Kier alpha value is -4.31. The number of anilines is 1. The van der Waals surface area contributed by atoms with E-state index in [1.54, 1.807) is 29.2 Å². The molecule has 1 heterocycles. The summed E-state index contributed by atoms with van der Waals surface area (Å²) in [7, 11) is 0. The standard InChI is InChI=1S/C30H30N2O7/c33-16-17-37-18-19-38-20-21-39-26-14-10-24(11-15-26)22-31-29-7-2-1-5-27(29)28(30(31)34)6-3-4-23-8-12-25(13-9-23)32(35)36/h1-15,33H,16-22H2/b4-3+,28-6-. The molecule has 1 amide bonds. The smallest absolute Gasteiger partial charge is 0.269 e. The van der Waals surface area contributed by atoms with Gasteiger partial charge >= 0.3 is 0 Å². The fourth-order valence-electron chi connectivity index (χ4n) is 4.07. The number of carbonyl (C=O) groups is 1. The van der Waals surface area contributed by atoms with Crippen molar-refractivity contribution in [3.05, 3.63) is 112 Å². The molecule has 39 heavy (non-hydrogen) atoms. The molecule has 9 heteroatoms. The summed E-state index contributed by atoms with van der Waals surface area (Å²) >= 11 is 0. The highest BCUT2D eigenvalue weighted by molar-refractivity contribution is 6.32. The number of hydrogen-bond donors (Lipinski definition) is 1. The van der Waals surface area contributed by atoms with Gasteiger partial charge in [-0.1, -0.05) is 42.5 Å². The van der Waals surface area contributed by atoms with Gasteiger partial charge in [0.25, 0.3) is 11.6 Å². The van der Waals surface area contributed by atoms with Gasteiger partial charge in [0.2, 0.25) is 0 Å².